The molecule has 26 heavy (non-hydrogen) atoms. The number of hydrogen-bond acceptors (Lipinski definition) is 3. The summed E-state index contributed by atoms with van der Waals surface area (Å²) in [5.41, 5.74) is 2.87. The minimum atomic E-state index is -3.52. The number of nitrogens with zero attached hydrogens (tertiary/aromatic N) is 3. The predicted octanol–water partition coefficient (Wildman–Crippen LogP) is 3.90. The largest absolute Gasteiger partial charge is 0.333 e. The number of fused-ring (bicyclic) bond motifs is 1. The van der Waals surface area contributed by atoms with E-state index < -0.39 is 10.0 Å². The first-order chi connectivity index (χ1) is 12.5. The zero-order valence-electron chi connectivity index (χ0n) is 14.5. The van der Waals surface area contributed by atoms with Gasteiger partial charge in [0.15, 0.2) is 0 Å². The number of aryl methyl sites for hydroxylation is 1. The molecule has 1 saturated heterocycles. The van der Waals surface area contributed by atoms with Gasteiger partial charge in [-0.3, -0.25) is 0 Å². The van der Waals surface area contributed by atoms with E-state index in [1.165, 1.54) is 5.56 Å². The van der Waals surface area contributed by atoms with E-state index in [-0.39, 0.29) is 0 Å². The van der Waals surface area contributed by atoms with Gasteiger partial charge in [-0.1, -0.05) is 30.3 Å². The second kappa shape index (κ2) is 6.79. The van der Waals surface area contributed by atoms with Crippen molar-refractivity contribution in [2.24, 2.45) is 7.05 Å². The first-order valence-corrected chi connectivity index (χ1v) is 10.9. The number of piperidine rings is 1. The second-order valence-corrected chi connectivity index (χ2v) is 9.51. The summed E-state index contributed by atoms with van der Waals surface area (Å²) < 4.78 is 30.4. The van der Waals surface area contributed by atoms with Crippen molar-refractivity contribution in [3.8, 4) is 0 Å². The van der Waals surface area contributed by atoms with E-state index in [4.69, 9.17) is 0 Å². The van der Waals surface area contributed by atoms with Crippen molar-refractivity contribution in [2.45, 2.75) is 23.7 Å². The molecule has 1 aromatic heterocycles. The number of aromatic nitrogens is 2. The summed E-state index contributed by atoms with van der Waals surface area (Å²) in [5, 5.41) is 0. The van der Waals surface area contributed by atoms with Gasteiger partial charge < -0.3 is 4.57 Å². The fourth-order valence-electron chi connectivity index (χ4n) is 3.67. The van der Waals surface area contributed by atoms with Crippen molar-refractivity contribution in [1.82, 2.24) is 13.9 Å². The van der Waals surface area contributed by atoms with E-state index in [2.05, 4.69) is 33.0 Å². The maximum atomic E-state index is 13.1. The summed E-state index contributed by atoms with van der Waals surface area (Å²) in [6.07, 6.45) is 3.38. The smallest absolute Gasteiger partial charge is 0.243 e. The Bertz CT molecular complexity index is 1040. The van der Waals surface area contributed by atoms with Crippen LogP contribution in [0.25, 0.3) is 11.0 Å². The number of rotatable bonds is 3. The molecule has 136 valence electrons. The summed E-state index contributed by atoms with van der Waals surface area (Å²) in [6, 6.07) is 13.7. The van der Waals surface area contributed by atoms with E-state index in [0.717, 1.165) is 22.8 Å². The molecule has 0 atom stereocenters. The highest BCUT2D eigenvalue weighted by molar-refractivity contribution is 9.10. The Hall–Kier alpha value is -1.70. The molecule has 0 N–H and O–H groups in total. The molecule has 0 radical (unpaired) electrons. The third-order valence-electron chi connectivity index (χ3n) is 5.10. The molecule has 1 aliphatic rings. The molecule has 4 rings (SSSR count). The molecule has 0 unspecified atom stereocenters. The minimum Gasteiger partial charge on any atom is -0.333 e. The molecule has 7 heteroatoms. The van der Waals surface area contributed by atoms with Crippen molar-refractivity contribution in [2.75, 3.05) is 13.1 Å². The van der Waals surface area contributed by atoms with Crippen LogP contribution < -0.4 is 0 Å². The fraction of sp³-hybridized carbons (Fsp3) is 0.316. The lowest BCUT2D eigenvalue weighted by molar-refractivity contribution is 0.319. The van der Waals surface area contributed by atoms with Crippen LogP contribution in [0.15, 0.2) is 58.2 Å². The molecule has 3 aromatic rings. The number of hydrogen-bond donors (Lipinski definition) is 0. The van der Waals surface area contributed by atoms with Gasteiger partial charge in [-0.25, -0.2) is 13.4 Å². The van der Waals surface area contributed by atoms with E-state index in [1.54, 1.807) is 22.8 Å². The van der Waals surface area contributed by atoms with Crippen LogP contribution in [0.1, 0.15) is 24.3 Å². The standard InChI is InChI=1S/C19H20BrN3O2S/c1-22-13-21-18-12-16(11-17(20)19(18)22)26(24,25)23-9-7-15(8-10-23)14-5-3-2-4-6-14/h2-6,11-13,15H,7-10H2,1H3. The molecule has 1 fully saturated rings. The zero-order valence-corrected chi connectivity index (χ0v) is 16.9. The lowest BCUT2D eigenvalue weighted by Gasteiger charge is -2.31. The number of imidazole rings is 1. The van der Waals surface area contributed by atoms with Crippen LogP contribution in [-0.2, 0) is 17.1 Å². The van der Waals surface area contributed by atoms with E-state index in [9.17, 15) is 8.42 Å². The average Bonchev–Trinajstić information content (AvgIpc) is 3.04. The normalized spacial score (nSPS) is 17.0. The Morgan fingerprint density at radius 3 is 2.50 bits per heavy atom. The minimum absolute atomic E-state index is 0.300. The van der Waals surface area contributed by atoms with Gasteiger partial charge >= 0.3 is 0 Å². The van der Waals surface area contributed by atoms with Crippen molar-refractivity contribution in [1.29, 1.82) is 0 Å². The highest BCUT2D eigenvalue weighted by Gasteiger charge is 2.30. The SMILES string of the molecule is Cn1cnc2cc(S(=O)(=O)N3CCC(c4ccccc4)CC3)cc(Br)c21. The van der Waals surface area contributed by atoms with Gasteiger partial charge in [0.2, 0.25) is 10.0 Å². The third-order valence-corrected chi connectivity index (χ3v) is 7.58. The summed E-state index contributed by atoms with van der Waals surface area (Å²) in [4.78, 5) is 4.60. The number of halogens is 1. The maximum absolute atomic E-state index is 13.1. The van der Waals surface area contributed by atoms with Crippen LogP contribution >= 0.6 is 15.9 Å². The Kier molecular flexibility index (Phi) is 4.62. The van der Waals surface area contributed by atoms with Crippen LogP contribution in [0.5, 0.6) is 0 Å². The Labute approximate surface area is 161 Å². The van der Waals surface area contributed by atoms with Crippen molar-refractivity contribution < 1.29 is 8.42 Å². The number of benzene rings is 2. The Morgan fingerprint density at radius 1 is 1.12 bits per heavy atom. The van der Waals surface area contributed by atoms with Crippen LogP contribution in [0.3, 0.4) is 0 Å². The molecule has 2 heterocycles. The van der Waals surface area contributed by atoms with Gasteiger partial charge in [0.05, 0.1) is 22.3 Å². The van der Waals surface area contributed by atoms with E-state index >= 15 is 0 Å². The molecule has 0 saturated carbocycles. The lowest BCUT2D eigenvalue weighted by atomic mass is 9.90. The summed E-state index contributed by atoms with van der Waals surface area (Å²) >= 11 is 3.49. The molecule has 5 nitrogen and oxygen atoms in total. The average molecular weight is 434 g/mol. The maximum Gasteiger partial charge on any atom is 0.243 e. The molecule has 0 amide bonds. The lowest BCUT2D eigenvalue weighted by Crippen LogP contribution is -2.37. The first-order valence-electron chi connectivity index (χ1n) is 8.62. The molecular formula is C19H20BrN3O2S. The third kappa shape index (κ3) is 3.08. The summed E-state index contributed by atoms with van der Waals surface area (Å²) in [5.74, 6) is 0.424. The highest BCUT2D eigenvalue weighted by Crippen LogP contribution is 2.33. The highest BCUT2D eigenvalue weighted by atomic mass is 79.9. The monoisotopic (exact) mass is 433 g/mol. The quantitative estimate of drug-likeness (QED) is 0.628. The molecule has 2 aromatic carbocycles. The molecule has 0 aliphatic carbocycles. The van der Waals surface area contributed by atoms with Gasteiger partial charge in [0, 0.05) is 24.6 Å². The van der Waals surface area contributed by atoms with Crippen LogP contribution in [0.4, 0.5) is 0 Å². The molecule has 0 bridgehead atoms. The predicted molar refractivity (Wildman–Crippen MR) is 106 cm³/mol. The van der Waals surface area contributed by atoms with Gasteiger partial charge in [-0.05, 0) is 52.4 Å². The number of sulfonamides is 1. The van der Waals surface area contributed by atoms with Crippen LogP contribution in [-0.4, -0.2) is 35.4 Å². The fourth-order valence-corrected chi connectivity index (χ4v) is 6.07. The van der Waals surface area contributed by atoms with E-state index in [1.807, 2.05) is 29.8 Å². The van der Waals surface area contributed by atoms with Gasteiger partial charge in [0.25, 0.3) is 0 Å². The van der Waals surface area contributed by atoms with Crippen molar-refractivity contribution in [3.63, 3.8) is 0 Å². The molecule has 0 spiro atoms. The Morgan fingerprint density at radius 2 is 1.81 bits per heavy atom. The topological polar surface area (TPSA) is 55.2 Å². The van der Waals surface area contributed by atoms with Gasteiger partial charge in [-0.2, -0.15) is 4.31 Å². The Balaban J connectivity index is 1.58. The second-order valence-electron chi connectivity index (χ2n) is 6.72. The van der Waals surface area contributed by atoms with Crippen molar-refractivity contribution >= 4 is 37.0 Å². The first kappa shape index (κ1) is 17.7. The molecule has 1 aliphatic heterocycles. The summed E-state index contributed by atoms with van der Waals surface area (Å²) in [6.45, 7) is 1.08. The zero-order chi connectivity index (χ0) is 18.3. The van der Waals surface area contributed by atoms with Gasteiger partial charge in [0.1, 0.15) is 0 Å². The van der Waals surface area contributed by atoms with Gasteiger partial charge in [-0.15, -0.1) is 0 Å². The van der Waals surface area contributed by atoms with Crippen LogP contribution in [0, 0.1) is 0 Å². The van der Waals surface area contributed by atoms with Crippen LogP contribution in [0.2, 0.25) is 0 Å². The van der Waals surface area contributed by atoms with E-state index in [0.29, 0.717) is 29.4 Å². The molecular weight excluding hydrogens is 414 g/mol. The summed E-state index contributed by atoms with van der Waals surface area (Å²) in [7, 11) is -1.63. The van der Waals surface area contributed by atoms with Crippen molar-refractivity contribution in [3.05, 3.63) is 58.8 Å².